The van der Waals surface area contributed by atoms with E-state index < -0.39 is 0 Å². The Morgan fingerprint density at radius 2 is 0.818 bits per heavy atom. The molecule has 0 spiro atoms. The van der Waals surface area contributed by atoms with Gasteiger partial charge in [-0.2, -0.15) is 0 Å². The third-order valence-corrected chi connectivity index (χ3v) is 9.23. The predicted molar refractivity (Wildman–Crippen MR) is 190 cm³/mol. The lowest BCUT2D eigenvalue weighted by atomic mass is 9.83. The predicted octanol–water partition coefficient (Wildman–Crippen LogP) is 12.5. The molecule has 9 rings (SSSR count). The summed E-state index contributed by atoms with van der Waals surface area (Å²) in [4.78, 5) is 0. The molecule has 0 atom stereocenters. The third kappa shape index (κ3) is 3.85. The monoisotopic (exact) mass is 556 g/mol. The van der Waals surface area contributed by atoms with Crippen LogP contribution in [0.1, 0.15) is 0 Å². The molecule has 0 fully saturated rings. The van der Waals surface area contributed by atoms with Crippen molar-refractivity contribution in [2.75, 3.05) is 0 Å². The van der Waals surface area contributed by atoms with E-state index in [0.29, 0.717) is 0 Å². The largest absolute Gasteiger partial charge is 0.0622 e. The van der Waals surface area contributed by atoms with Crippen molar-refractivity contribution in [3.8, 4) is 33.4 Å². The summed E-state index contributed by atoms with van der Waals surface area (Å²) in [7, 11) is 0. The zero-order chi connectivity index (χ0) is 29.0. The Morgan fingerprint density at radius 3 is 1.66 bits per heavy atom. The summed E-state index contributed by atoms with van der Waals surface area (Å²) in [6, 6.07) is 62.4. The van der Waals surface area contributed by atoms with Crippen molar-refractivity contribution in [1.82, 2.24) is 0 Å². The maximum atomic E-state index is 2.41. The lowest BCUT2D eigenvalue weighted by molar-refractivity contribution is 1.64. The molecule has 44 heavy (non-hydrogen) atoms. The van der Waals surface area contributed by atoms with E-state index in [0.717, 1.165) is 0 Å². The summed E-state index contributed by atoms with van der Waals surface area (Å²) in [6.45, 7) is 0. The fourth-order valence-corrected chi connectivity index (χ4v) is 7.19. The van der Waals surface area contributed by atoms with Crippen molar-refractivity contribution in [3.63, 3.8) is 0 Å². The second-order valence-electron chi connectivity index (χ2n) is 11.7. The van der Waals surface area contributed by atoms with Crippen LogP contribution >= 0.6 is 0 Å². The number of rotatable bonds is 3. The van der Waals surface area contributed by atoms with Gasteiger partial charge < -0.3 is 0 Å². The average molecular weight is 557 g/mol. The lowest BCUT2D eigenvalue weighted by Crippen LogP contribution is -1.93. The topological polar surface area (TPSA) is 0 Å². The van der Waals surface area contributed by atoms with Gasteiger partial charge in [0, 0.05) is 0 Å². The van der Waals surface area contributed by atoms with Crippen LogP contribution in [0.15, 0.2) is 170 Å². The maximum Gasteiger partial charge on any atom is -0.00201 e. The van der Waals surface area contributed by atoms with E-state index in [4.69, 9.17) is 0 Å². The molecule has 0 aliphatic heterocycles. The zero-order valence-electron chi connectivity index (χ0n) is 24.2. The molecule has 0 saturated heterocycles. The molecule has 0 radical (unpaired) electrons. The molecule has 0 heteroatoms. The molecule has 0 heterocycles. The summed E-state index contributed by atoms with van der Waals surface area (Å²) >= 11 is 0. The lowest BCUT2D eigenvalue weighted by Gasteiger charge is -2.20. The molecule has 0 unspecified atom stereocenters. The second-order valence-corrected chi connectivity index (χ2v) is 11.7. The van der Waals surface area contributed by atoms with Crippen molar-refractivity contribution in [3.05, 3.63) is 170 Å². The highest BCUT2D eigenvalue weighted by molar-refractivity contribution is 6.25. The smallest absolute Gasteiger partial charge is 0.00201 e. The van der Waals surface area contributed by atoms with E-state index in [-0.39, 0.29) is 0 Å². The molecule has 0 nitrogen and oxygen atoms in total. The number of benzene rings is 9. The van der Waals surface area contributed by atoms with Crippen molar-refractivity contribution >= 4 is 53.9 Å². The first-order valence-corrected chi connectivity index (χ1v) is 15.3. The van der Waals surface area contributed by atoms with Gasteiger partial charge in [0.25, 0.3) is 0 Å². The number of fused-ring (bicyclic) bond motifs is 6. The molecular formula is C44H28. The Hall–Kier alpha value is -5.72. The van der Waals surface area contributed by atoms with Gasteiger partial charge in [-0.25, -0.2) is 0 Å². The van der Waals surface area contributed by atoms with Crippen molar-refractivity contribution in [2.45, 2.75) is 0 Å². The van der Waals surface area contributed by atoms with Crippen LogP contribution in [0.4, 0.5) is 0 Å². The van der Waals surface area contributed by atoms with Gasteiger partial charge in [-0.15, -0.1) is 0 Å². The Balaban J connectivity index is 1.44. The van der Waals surface area contributed by atoms with E-state index in [1.54, 1.807) is 0 Å². The Labute approximate surface area is 256 Å². The number of hydrogen-bond donors (Lipinski definition) is 0. The summed E-state index contributed by atoms with van der Waals surface area (Å²) in [5, 5.41) is 12.7. The first kappa shape index (κ1) is 24.8. The summed E-state index contributed by atoms with van der Waals surface area (Å²) in [6.07, 6.45) is 0. The molecule has 0 aliphatic carbocycles. The second kappa shape index (κ2) is 9.93. The minimum Gasteiger partial charge on any atom is -0.0622 e. The van der Waals surface area contributed by atoms with Crippen LogP contribution in [0.3, 0.4) is 0 Å². The van der Waals surface area contributed by atoms with Crippen molar-refractivity contribution in [2.24, 2.45) is 0 Å². The van der Waals surface area contributed by atoms with Gasteiger partial charge in [-0.3, -0.25) is 0 Å². The fourth-order valence-electron chi connectivity index (χ4n) is 7.19. The molecule has 0 bridgehead atoms. The molecule has 9 aromatic carbocycles. The van der Waals surface area contributed by atoms with Crippen LogP contribution in [0.5, 0.6) is 0 Å². The standard InChI is InChI=1S/C44H28/c1-2-11-29(12-3-1)33-24-26-41-42(28-33)43(34-22-21-30-13-4-5-15-32(30)27-34)39-17-8-9-18-40(39)44(41)38-20-10-19-36-35-16-7-6-14-31(35)23-25-37(36)38/h1-28H. The highest BCUT2D eigenvalue weighted by Gasteiger charge is 2.19. The van der Waals surface area contributed by atoms with Gasteiger partial charge in [0.1, 0.15) is 0 Å². The van der Waals surface area contributed by atoms with Crippen molar-refractivity contribution < 1.29 is 0 Å². The van der Waals surface area contributed by atoms with Gasteiger partial charge in [-0.1, -0.05) is 158 Å². The van der Waals surface area contributed by atoms with Gasteiger partial charge in [-0.05, 0) is 99.4 Å². The van der Waals surface area contributed by atoms with Crippen LogP contribution in [0, 0.1) is 0 Å². The van der Waals surface area contributed by atoms with Crippen LogP contribution < -0.4 is 0 Å². The fraction of sp³-hybridized carbons (Fsp3) is 0. The van der Waals surface area contributed by atoms with Gasteiger partial charge >= 0.3 is 0 Å². The molecule has 0 aliphatic rings. The highest BCUT2D eigenvalue weighted by atomic mass is 14.2. The van der Waals surface area contributed by atoms with Gasteiger partial charge in [0.05, 0.1) is 0 Å². The summed E-state index contributed by atoms with van der Waals surface area (Å²) in [5.74, 6) is 0. The van der Waals surface area contributed by atoms with Gasteiger partial charge in [0.2, 0.25) is 0 Å². The molecular weight excluding hydrogens is 528 g/mol. The van der Waals surface area contributed by atoms with Crippen LogP contribution in [-0.2, 0) is 0 Å². The quantitative estimate of drug-likeness (QED) is 0.150. The van der Waals surface area contributed by atoms with E-state index in [9.17, 15) is 0 Å². The highest BCUT2D eigenvalue weighted by Crippen LogP contribution is 2.47. The Bertz CT molecular complexity index is 2540. The maximum absolute atomic E-state index is 2.41. The number of hydrogen-bond acceptors (Lipinski definition) is 0. The van der Waals surface area contributed by atoms with Crippen LogP contribution in [-0.4, -0.2) is 0 Å². The molecule has 0 saturated carbocycles. The third-order valence-electron chi connectivity index (χ3n) is 9.23. The molecule has 0 aromatic heterocycles. The minimum atomic E-state index is 1.23. The van der Waals surface area contributed by atoms with Crippen LogP contribution in [0.25, 0.3) is 87.2 Å². The first-order valence-electron chi connectivity index (χ1n) is 15.3. The SMILES string of the molecule is c1ccc(-c2ccc3c(-c4cccc5c4ccc4ccccc45)c4ccccc4c(-c4ccc5ccccc5c4)c3c2)cc1. The Kier molecular flexibility index (Phi) is 5.61. The Morgan fingerprint density at radius 1 is 0.227 bits per heavy atom. The summed E-state index contributed by atoms with van der Waals surface area (Å²) in [5.41, 5.74) is 7.54. The van der Waals surface area contributed by atoms with E-state index >= 15 is 0 Å². The normalized spacial score (nSPS) is 11.6. The molecule has 0 amide bonds. The molecule has 0 N–H and O–H groups in total. The molecule has 9 aromatic rings. The van der Waals surface area contributed by atoms with E-state index in [1.165, 1.54) is 87.2 Å². The first-order chi connectivity index (χ1) is 21.8. The average Bonchev–Trinajstić information content (AvgIpc) is 3.10. The van der Waals surface area contributed by atoms with Crippen LogP contribution in [0.2, 0.25) is 0 Å². The van der Waals surface area contributed by atoms with E-state index in [1.807, 2.05) is 0 Å². The minimum absolute atomic E-state index is 1.23. The molecule has 204 valence electrons. The van der Waals surface area contributed by atoms with Gasteiger partial charge in [0.15, 0.2) is 0 Å². The summed E-state index contributed by atoms with van der Waals surface area (Å²) < 4.78 is 0. The van der Waals surface area contributed by atoms with E-state index in [2.05, 4.69) is 170 Å². The van der Waals surface area contributed by atoms with Crippen molar-refractivity contribution in [1.29, 1.82) is 0 Å². The zero-order valence-corrected chi connectivity index (χ0v) is 24.2.